The SMILES string of the molecule is Cc1nc(CN(C)S(=O)(=O)c2cc(CO)ccc2Cl)cs1. The van der Waals surface area contributed by atoms with Gasteiger partial charge in [0.05, 0.1) is 28.9 Å². The largest absolute Gasteiger partial charge is 0.392 e. The van der Waals surface area contributed by atoms with Crippen LogP contribution in [0, 0.1) is 6.92 Å². The Morgan fingerprint density at radius 1 is 1.43 bits per heavy atom. The first-order chi connectivity index (χ1) is 9.84. The number of halogens is 1. The smallest absolute Gasteiger partial charge is 0.244 e. The number of rotatable bonds is 5. The minimum Gasteiger partial charge on any atom is -0.392 e. The number of nitrogens with zero attached hydrogens (tertiary/aromatic N) is 2. The molecule has 2 rings (SSSR count). The van der Waals surface area contributed by atoms with Gasteiger partial charge in [-0.3, -0.25) is 0 Å². The molecule has 5 nitrogen and oxygen atoms in total. The molecule has 0 atom stereocenters. The van der Waals surface area contributed by atoms with Gasteiger partial charge in [-0.05, 0) is 24.6 Å². The van der Waals surface area contributed by atoms with Gasteiger partial charge >= 0.3 is 0 Å². The van der Waals surface area contributed by atoms with E-state index in [0.29, 0.717) is 11.3 Å². The molecular weight excluding hydrogens is 332 g/mol. The van der Waals surface area contributed by atoms with Gasteiger partial charge < -0.3 is 5.11 Å². The van der Waals surface area contributed by atoms with Gasteiger partial charge in [0.25, 0.3) is 0 Å². The lowest BCUT2D eigenvalue weighted by Crippen LogP contribution is -2.27. The summed E-state index contributed by atoms with van der Waals surface area (Å²) in [5, 5.41) is 12.0. The summed E-state index contributed by atoms with van der Waals surface area (Å²) in [5.41, 5.74) is 1.19. The zero-order valence-corrected chi connectivity index (χ0v) is 14.0. The average molecular weight is 347 g/mol. The van der Waals surface area contributed by atoms with Gasteiger partial charge in [0.2, 0.25) is 10.0 Å². The van der Waals surface area contributed by atoms with Crippen molar-refractivity contribution in [2.24, 2.45) is 0 Å². The first-order valence-corrected chi connectivity index (χ1v) is 8.81. The first kappa shape index (κ1) is 16.4. The number of aryl methyl sites for hydroxylation is 1. The molecule has 0 amide bonds. The van der Waals surface area contributed by atoms with Crippen LogP contribution < -0.4 is 0 Å². The molecule has 114 valence electrons. The molecule has 0 bridgehead atoms. The van der Waals surface area contributed by atoms with E-state index in [9.17, 15) is 8.42 Å². The second-order valence-corrected chi connectivity index (χ2v) is 8.02. The van der Waals surface area contributed by atoms with E-state index < -0.39 is 10.0 Å². The van der Waals surface area contributed by atoms with Crippen LogP contribution in [0.15, 0.2) is 28.5 Å². The highest BCUT2D eigenvalue weighted by Crippen LogP contribution is 2.26. The zero-order chi connectivity index (χ0) is 15.6. The first-order valence-electron chi connectivity index (χ1n) is 6.11. The summed E-state index contributed by atoms with van der Waals surface area (Å²) < 4.78 is 26.3. The molecule has 0 radical (unpaired) electrons. The van der Waals surface area contributed by atoms with Crippen LogP contribution in [0.5, 0.6) is 0 Å². The number of benzene rings is 1. The Balaban J connectivity index is 2.32. The van der Waals surface area contributed by atoms with Gasteiger partial charge in [-0.2, -0.15) is 4.31 Å². The molecule has 0 unspecified atom stereocenters. The molecule has 21 heavy (non-hydrogen) atoms. The highest BCUT2D eigenvalue weighted by molar-refractivity contribution is 7.89. The second-order valence-electron chi connectivity index (χ2n) is 4.54. The standard InChI is InChI=1S/C13H15ClN2O3S2/c1-9-15-11(8-20-9)6-16(2)21(18,19)13-5-10(7-17)3-4-12(13)14/h3-5,8,17H,6-7H2,1-2H3. The maximum Gasteiger partial charge on any atom is 0.244 e. The lowest BCUT2D eigenvalue weighted by molar-refractivity contribution is 0.281. The van der Waals surface area contributed by atoms with E-state index in [4.69, 9.17) is 16.7 Å². The van der Waals surface area contributed by atoms with Gasteiger partial charge in [-0.1, -0.05) is 17.7 Å². The molecule has 1 N–H and O–H groups in total. The van der Waals surface area contributed by atoms with Crippen molar-refractivity contribution in [3.8, 4) is 0 Å². The van der Waals surface area contributed by atoms with Gasteiger partial charge in [0, 0.05) is 12.4 Å². The van der Waals surface area contributed by atoms with E-state index in [2.05, 4.69) is 4.98 Å². The predicted molar refractivity (Wildman–Crippen MR) is 82.9 cm³/mol. The average Bonchev–Trinajstić information content (AvgIpc) is 2.84. The van der Waals surface area contributed by atoms with Crippen molar-refractivity contribution in [3.63, 3.8) is 0 Å². The van der Waals surface area contributed by atoms with Gasteiger partial charge in [-0.15, -0.1) is 11.3 Å². The van der Waals surface area contributed by atoms with Crippen LogP contribution in [0.1, 0.15) is 16.3 Å². The van der Waals surface area contributed by atoms with Crippen LogP contribution in [-0.4, -0.2) is 29.9 Å². The zero-order valence-electron chi connectivity index (χ0n) is 11.6. The maximum absolute atomic E-state index is 12.6. The van der Waals surface area contributed by atoms with Crippen molar-refractivity contribution >= 4 is 33.0 Å². The van der Waals surface area contributed by atoms with E-state index in [0.717, 1.165) is 5.01 Å². The van der Waals surface area contributed by atoms with Crippen LogP contribution >= 0.6 is 22.9 Å². The van der Waals surface area contributed by atoms with E-state index in [1.807, 2.05) is 12.3 Å². The minimum absolute atomic E-state index is 0.00910. The van der Waals surface area contributed by atoms with Gasteiger partial charge in [0.15, 0.2) is 0 Å². The molecule has 0 aliphatic rings. The number of hydrogen-bond acceptors (Lipinski definition) is 5. The number of aliphatic hydroxyl groups excluding tert-OH is 1. The van der Waals surface area contributed by atoms with E-state index in [1.165, 1.54) is 34.8 Å². The summed E-state index contributed by atoms with van der Waals surface area (Å²) in [7, 11) is -2.26. The lowest BCUT2D eigenvalue weighted by atomic mass is 10.2. The quantitative estimate of drug-likeness (QED) is 0.902. The molecule has 2 aromatic rings. The topological polar surface area (TPSA) is 70.5 Å². The molecule has 0 aliphatic carbocycles. The molecule has 1 aromatic heterocycles. The summed E-state index contributed by atoms with van der Waals surface area (Å²) in [4.78, 5) is 4.24. The van der Waals surface area contributed by atoms with Gasteiger partial charge in [0.1, 0.15) is 4.90 Å². The van der Waals surface area contributed by atoms with Crippen molar-refractivity contribution in [1.29, 1.82) is 0 Å². The number of hydrogen-bond donors (Lipinski definition) is 1. The van der Waals surface area contributed by atoms with Crippen molar-refractivity contribution in [2.45, 2.75) is 25.0 Å². The predicted octanol–water partition coefficient (Wildman–Crippen LogP) is 2.42. The summed E-state index contributed by atoms with van der Waals surface area (Å²) in [5.74, 6) is 0. The molecule has 1 heterocycles. The van der Waals surface area contributed by atoms with E-state index in [1.54, 1.807) is 6.07 Å². The molecular formula is C13H15ClN2O3S2. The van der Waals surface area contributed by atoms with Crippen molar-refractivity contribution in [3.05, 3.63) is 44.9 Å². The lowest BCUT2D eigenvalue weighted by Gasteiger charge is -2.17. The van der Waals surface area contributed by atoms with Crippen LogP contribution in [0.3, 0.4) is 0 Å². The normalized spacial score (nSPS) is 12.0. The van der Waals surface area contributed by atoms with E-state index in [-0.39, 0.29) is 23.1 Å². The fourth-order valence-electron chi connectivity index (χ4n) is 1.81. The summed E-state index contributed by atoms with van der Waals surface area (Å²) in [6.45, 7) is 1.80. The van der Waals surface area contributed by atoms with Gasteiger partial charge in [-0.25, -0.2) is 13.4 Å². The Labute approximate surface area is 132 Å². The monoisotopic (exact) mass is 346 g/mol. The number of sulfonamides is 1. The van der Waals surface area contributed by atoms with Crippen LogP contribution in [0.4, 0.5) is 0 Å². The molecule has 0 saturated heterocycles. The third kappa shape index (κ3) is 3.61. The Morgan fingerprint density at radius 3 is 2.71 bits per heavy atom. The molecule has 0 spiro atoms. The molecule has 1 aromatic carbocycles. The fourth-order valence-corrected chi connectivity index (χ4v) is 4.07. The Kier molecular flexibility index (Phi) is 5.00. The minimum atomic E-state index is -3.74. The van der Waals surface area contributed by atoms with E-state index >= 15 is 0 Å². The summed E-state index contributed by atoms with van der Waals surface area (Å²) in [6.07, 6.45) is 0. The maximum atomic E-state index is 12.6. The summed E-state index contributed by atoms with van der Waals surface area (Å²) in [6, 6.07) is 4.45. The Hall–Kier alpha value is -0.990. The molecule has 0 saturated carbocycles. The number of aliphatic hydroxyl groups is 1. The number of aromatic nitrogens is 1. The highest BCUT2D eigenvalue weighted by Gasteiger charge is 2.24. The van der Waals surface area contributed by atoms with Crippen LogP contribution in [-0.2, 0) is 23.2 Å². The van der Waals surface area contributed by atoms with Crippen LogP contribution in [0.25, 0.3) is 0 Å². The molecule has 0 fully saturated rings. The van der Waals surface area contributed by atoms with Crippen LogP contribution in [0.2, 0.25) is 5.02 Å². The third-order valence-electron chi connectivity index (χ3n) is 2.92. The summed E-state index contributed by atoms with van der Waals surface area (Å²) >= 11 is 7.46. The Bertz CT molecular complexity index is 744. The third-order valence-corrected chi connectivity index (χ3v) is 6.02. The Morgan fingerprint density at radius 2 is 2.14 bits per heavy atom. The van der Waals surface area contributed by atoms with Crippen molar-refractivity contribution in [1.82, 2.24) is 9.29 Å². The highest BCUT2D eigenvalue weighted by atomic mass is 35.5. The van der Waals surface area contributed by atoms with Crippen molar-refractivity contribution in [2.75, 3.05) is 7.05 Å². The fraction of sp³-hybridized carbons (Fsp3) is 0.308. The number of thiazole rings is 1. The second kappa shape index (κ2) is 6.41. The molecule has 0 aliphatic heterocycles. The molecule has 8 heteroatoms. The van der Waals surface area contributed by atoms with Crippen molar-refractivity contribution < 1.29 is 13.5 Å².